The first-order valence-electron chi connectivity index (χ1n) is 15.7. The van der Waals surface area contributed by atoms with E-state index in [0.717, 1.165) is 63.1 Å². The Kier molecular flexibility index (Phi) is 7.46. The molecule has 6 rings (SSSR count). The molecular formula is C33H51NO4. The highest BCUT2D eigenvalue weighted by Crippen LogP contribution is 2.64. The van der Waals surface area contributed by atoms with E-state index < -0.39 is 0 Å². The third-order valence-electron chi connectivity index (χ3n) is 12.1. The average molecular weight is 526 g/mol. The van der Waals surface area contributed by atoms with Gasteiger partial charge in [-0.3, -0.25) is 9.69 Å². The standard InChI is InChI=1S/C33H51NO4/c1-21-16-30-31(34(20-21)12-13-37-15-14-36-5)23(3)33(38-30)11-9-26-27-7-6-24-17-25(35)8-10-32(24,4)29(27)18-28(26)22(2)19-33/h17,21,23,26-27,29-31H,6-16,18-20H2,1-5H3/t21?,23-,26?,27?,29+,30-,31+,32?,33?/m1/s1. The van der Waals surface area contributed by atoms with Crippen molar-refractivity contribution in [3.8, 4) is 0 Å². The van der Waals surface area contributed by atoms with E-state index in [2.05, 4.69) is 32.6 Å². The minimum atomic E-state index is -0.0215. The van der Waals surface area contributed by atoms with E-state index in [1.165, 1.54) is 37.7 Å². The van der Waals surface area contributed by atoms with Gasteiger partial charge >= 0.3 is 0 Å². The van der Waals surface area contributed by atoms with E-state index in [-0.39, 0.29) is 11.0 Å². The zero-order chi connectivity index (χ0) is 26.7. The first kappa shape index (κ1) is 27.2. The van der Waals surface area contributed by atoms with Gasteiger partial charge in [-0.15, -0.1) is 0 Å². The Balaban J connectivity index is 1.21. The summed E-state index contributed by atoms with van der Waals surface area (Å²) in [6.45, 7) is 14.1. The second kappa shape index (κ2) is 10.4. The van der Waals surface area contributed by atoms with Crippen LogP contribution in [0.4, 0.5) is 0 Å². The van der Waals surface area contributed by atoms with Crippen LogP contribution in [0.1, 0.15) is 85.5 Å². The number of fused-ring (bicyclic) bond motifs is 6. The van der Waals surface area contributed by atoms with Gasteiger partial charge in [0.05, 0.1) is 31.5 Å². The lowest BCUT2D eigenvalue weighted by atomic mass is 9.56. The lowest BCUT2D eigenvalue weighted by Crippen LogP contribution is -2.52. The summed E-state index contributed by atoms with van der Waals surface area (Å²) in [5.41, 5.74) is 5.10. The minimum absolute atomic E-state index is 0.0215. The summed E-state index contributed by atoms with van der Waals surface area (Å²) >= 11 is 0. The lowest BCUT2D eigenvalue weighted by Gasteiger charge is -2.48. The summed E-state index contributed by atoms with van der Waals surface area (Å²) in [4.78, 5) is 14.9. The monoisotopic (exact) mass is 525 g/mol. The van der Waals surface area contributed by atoms with Crippen LogP contribution in [0, 0.1) is 35.0 Å². The van der Waals surface area contributed by atoms with Gasteiger partial charge in [0, 0.05) is 38.6 Å². The normalized spacial score (nSPS) is 44.9. The molecule has 2 aliphatic heterocycles. The summed E-state index contributed by atoms with van der Waals surface area (Å²) in [6.07, 6.45) is 12.6. The molecule has 5 nitrogen and oxygen atoms in total. The van der Waals surface area contributed by atoms with Crippen LogP contribution in [0.25, 0.3) is 0 Å². The van der Waals surface area contributed by atoms with E-state index >= 15 is 0 Å². The highest BCUT2D eigenvalue weighted by molar-refractivity contribution is 5.91. The molecule has 0 amide bonds. The Hall–Kier alpha value is -1.01. The van der Waals surface area contributed by atoms with E-state index in [1.807, 2.05) is 6.08 Å². The summed E-state index contributed by atoms with van der Waals surface area (Å²) in [5, 5.41) is 0. The van der Waals surface area contributed by atoms with Crippen molar-refractivity contribution in [3.05, 3.63) is 22.8 Å². The molecule has 9 atom stereocenters. The molecule has 2 heterocycles. The molecule has 6 aliphatic rings. The Bertz CT molecular complexity index is 987. The van der Waals surface area contributed by atoms with Gasteiger partial charge in [0.15, 0.2) is 5.78 Å². The number of nitrogens with zero attached hydrogens (tertiary/aromatic N) is 1. The Labute approximate surface area is 230 Å². The van der Waals surface area contributed by atoms with E-state index in [1.54, 1.807) is 18.3 Å². The fourth-order valence-electron chi connectivity index (χ4n) is 10.2. The third kappa shape index (κ3) is 4.48. The van der Waals surface area contributed by atoms with Crippen molar-refractivity contribution in [2.45, 2.75) is 103 Å². The second-order valence-electron chi connectivity index (χ2n) is 14.1. The zero-order valence-corrected chi connectivity index (χ0v) is 24.6. The van der Waals surface area contributed by atoms with Gasteiger partial charge in [0.2, 0.25) is 0 Å². The van der Waals surface area contributed by atoms with E-state index in [9.17, 15) is 4.79 Å². The predicted octanol–water partition coefficient (Wildman–Crippen LogP) is 5.98. The number of allylic oxidation sites excluding steroid dienone is 3. The van der Waals surface area contributed by atoms with Crippen molar-refractivity contribution in [2.24, 2.45) is 35.0 Å². The second-order valence-corrected chi connectivity index (χ2v) is 14.1. The van der Waals surface area contributed by atoms with Gasteiger partial charge in [-0.25, -0.2) is 0 Å². The number of rotatable bonds is 6. The number of ketones is 1. The summed E-state index contributed by atoms with van der Waals surface area (Å²) in [7, 11) is 1.73. The minimum Gasteiger partial charge on any atom is -0.382 e. The van der Waals surface area contributed by atoms with Gasteiger partial charge in [-0.05, 0) is 93.5 Å². The van der Waals surface area contributed by atoms with Crippen LogP contribution in [0.3, 0.4) is 0 Å². The maximum Gasteiger partial charge on any atom is 0.155 e. The molecule has 1 spiro atoms. The fraction of sp³-hybridized carbons (Fsp3) is 0.848. The molecule has 0 aromatic heterocycles. The molecule has 2 saturated heterocycles. The van der Waals surface area contributed by atoms with Crippen LogP contribution < -0.4 is 0 Å². The van der Waals surface area contributed by atoms with Gasteiger partial charge in [-0.2, -0.15) is 0 Å². The number of likely N-dealkylation sites (tertiary alicyclic amines) is 1. The number of hydrogen-bond donors (Lipinski definition) is 0. The van der Waals surface area contributed by atoms with Crippen LogP contribution in [0.15, 0.2) is 22.8 Å². The van der Waals surface area contributed by atoms with Crippen LogP contribution in [-0.4, -0.2) is 68.4 Å². The largest absolute Gasteiger partial charge is 0.382 e. The van der Waals surface area contributed by atoms with E-state index in [0.29, 0.717) is 43.0 Å². The number of hydrogen-bond acceptors (Lipinski definition) is 5. The van der Waals surface area contributed by atoms with Crippen LogP contribution in [0.2, 0.25) is 0 Å². The molecule has 212 valence electrons. The Morgan fingerprint density at radius 1 is 1.13 bits per heavy atom. The van der Waals surface area contributed by atoms with Crippen molar-refractivity contribution in [1.29, 1.82) is 0 Å². The van der Waals surface area contributed by atoms with Gasteiger partial charge < -0.3 is 14.2 Å². The van der Waals surface area contributed by atoms with Crippen molar-refractivity contribution in [1.82, 2.24) is 4.90 Å². The quantitative estimate of drug-likeness (QED) is 0.316. The highest BCUT2D eigenvalue weighted by Gasteiger charge is 2.59. The molecular weight excluding hydrogens is 474 g/mol. The van der Waals surface area contributed by atoms with Gasteiger partial charge in [0.1, 0.15) is 0 Å². The maximum absolute atomic E-state index is 12.2. The van der Waals surface area contributed by atoms with Crippen LogP contribution in [0.5, 0.6) is 0 Å². The third-order valence-corrected chi connectivity index (χ3v) is 12.1. The zero-order valence-electron chi connectivity index (χ0n) is 24.6. The highest BCUT2D eigenvalue weighted by atomic mass is 16.5. The molecule has 0 aromatic rings. The molecule has 2 saturated carbocycles. The number of carbonyl (C=O) groups excluding carboxylic acids is 1. The molecule has 5 heteroatoms. The van der Waals surface area contributed by atoms with Crippen molar-refractivity contribution < 1.29 is 19.0 Å². The van der Waals surface area contributed by atoms with Gasteiger partial charge in [0.25, 0.3) is 0 Å². The molecule has 0 N–H and O–H groups in total. The molecule has 0 bridgehead atoms. The lowest BCUT2D eigenvalue weighted by molar-refractivity contribution is -0.116. The maximum atomic E-state index is 12.2. The number of carbonyl (C=O) groups is 1. The van der Waals surface area contributed by atoms with Crippen molar-refractivity contribution in [3.63, 3.8) is 0 Å². The number of ether oxygens (including phenoxy) is 3. The average Bonchev–Trinajstić information content (AvgIpc) is 3.34. The predicted molar refractivity (Wildman–Crippen MR) is 150 cm³/mol. The SMILES string of the molecule is COCCOCCN1CC(C)C[C@H]2OC3(CCC4C(=C(C)C3)C[C@H]3C4CCC4=CC(=O)CCC43C)[C@H](C)[C@@H]21. The van der Waals surface area contributed by atoms with Gasteiger partial charge in [-0.1, -0.05) is 37.5 Å². The van der Waals surface area contributed by atoms with Crippen molar-refractivity contribution >= 4 is 5.78 Å². The van der Waals surface area contributed by atoms with E-state index in [4.69, 9.17) is 14.2 Å². The summed E-state index contributed by atoms with van der Waals surface area (Å²) < 4.78 is 18.3. The first-order valence-corrected chi connectivity index (χ1v) is 15.7. The molecule has 38 heavy (non-hydrogen) atoms. The summed E-state index contributed by atoms with van der Waals surface area (Å²) in [5.74, 6) is 3.78. The number of methoxy groups -OCH3 is 1. The van der Waals surface area contributed by atoms with Crippen LogP contribution >= 0.6 is 0 Å². The summed E-state index contributed by atoms with van der Waals surface area (Å²) in [6, 6.07) is 0.502. The molecule has 5 unspecified atom stereocenters. The Morgan fingerprint density at radius 2 is 1.97 bits per heavy atom. The molecule has 0 aromatic carbocycles. The molecule has 4 aliphatic carbocycles. The molecule has 4 fully saturated rings. The fourth-order valence-corrected chi connectivity index (χ4v) is 10.2. The first-order chi connectivity index (χ1) is 18.3. The smallest absolute Gasteiger partial charge is 0.155 e. The van der Waals surface area contributed by atoms with Crippen molar-refractivity contribution in [2.75, 3.05) is 40.0 Å². The Morgan fingerprint density at radius 3 is 2.79 bits per heavy atom. The topological polar surface area (TPSA) is 48.0 Å². The van der Waals surface area contributed by atoms with Crippen LogP contribution in [-0.2, 0) is 19.0 Å². The number of piperidine rings is 1. The molecule has 0 radical (unpaired) electrons.